The van der Waals surface area contributed by atoms with Crippen LogP contribution in [0.5, 0.6) is 0 Å². The normalized spacial score (nSPS) is 14.1. The number of ketones is 1. The predicted molar refractivity (Wildman–Crippen MR) is 63.0 cm³/mol. The van der Waals surface area contributed by atoms with Crippen LogP contribution in [0.15, 0.2) is 4.99 Å². The molecule has 5 nitrogen and oxygen atoms in total. The van der Waals surface area contributed by atoms with Gasteiger partial charge >= 0.3 is 5.97 Å². The van der Waals surface area contributed by atoms with Crippen molar-refractivity contribution >= 4 is 17.7 Å². The molecule has 17 heavy (non-hydrogen) atoms. The molecular formula is C12H19NO4. The van der Waals surface area contributed by atoms with Gasteiger partial charge in [-0.05, 0) is 26.2 Å². The first-order valence-electron chi connectivity index (χ1n) is 5.99. The van der Waals surface area contributed by atoms with E-state index in [0.717, 1.165) is 38.1 Å². The lowest BCUT2D eigenvalue weighted by Crippen LogP contribution is -2.09. The summed E-state index contributed by atoms with van der Waals surface area (Å²) in [6.45, 7) is 3.25. The molecule has 0 spiro atoms. The minimum Gasteiger partial charge on any atom is -0.479 e. The highest BCUT2D eigenvalue weighted by Gasteiger charge is 2.07. The van der Waals surface area contributed by atoms with Gasteiger partial charge in [-0.2, -0.15) is 0 Å². The van der Waals surface area contributed by atoms with Gasteiger partial charge in [0.25, 0.3) is 0 Å². The highest BCUT2D eigenvalue weighted by atomic mass is 16.5. The minimum absolute atomic E-state index is 0.120. The lowest BCUT2D eigenvalue weighted by Gasteiger charge is -2.04. The fourth-order valence-electron chi connectivity index (χ4n) is 1.53. The SMILES string of the molecule is CC(=O)CC(=O)OCCCCCC1=NCCO1. The summed E-state index contributed by atoms with van der Waals surface area (Å²) >= 11 is 0. The van der Waals surface area contributed by atoms with Crippen molar-refractivity contribution in [2.45, 2.75) is 39.0 Å². The maximum absolute atomic E-state index is 11.0. The number of Topliss-reactive ketones (excluding diaryl/α,β-unsaturated/α-hetero) is 1. The Morgan fingerprint density at radius 3 is 2.82 bits per heavy atom. The molecule has 0 amide bonds. The number of nitrogens with zero attached hydrogens (tertiary/aromatic N) is 1. The number of rotatable bonds is 8. The second-order valence-corrected chi connectivity index (χ2v) is 4.03. The zero-order chi connectivity index (χ0) is 12.5. The van der Waals surface area contributed by atoms with Crippen LogP contribution >= 0.6 is 0 Å². The molecule has 1 aliphatic rings. The van der Waals surface area contributed by atoms with Crippen LogP contribution in [0.4, 0.5) is 0 Å². The number of carbonyl (C=O) groups is 2. The van der Waals surface area contributed by atoms with Crippen molar-refractivity contribution in [2.24, 2.45) is 4.99 Å². The number of unbranched alkanes of at least 4 members (excludes halogenated alkanes) is 2. The first kappa shape index (κ1) is 13.7. The summed E-state index contributed by atoms with van der Waals surface area (Å²) in [5.41, 5.74) is 0. The van der Waals surface area contributed by atoms with Crippen LogP contribution in [-0.2, 0) is 19.1 Å². The maximum Gasteiger partial charge on any atom is 0.313 e. The van der Waals surface area contributed by atoms with Crippen LogP contribution < -0.4 is 0 Å². The van der Waals surface area contributed by atoms with Crippen LogP contribution in [-0.4, -0.2) is 37.4 Å². The van der Waals surface area contributed by atoms with Gasteiger partial charge < -0.3 is 9.47 Å². The van der Waals surface area contributed by atoms with E-state index >= 15 is 0 Å². The summed E-state index contributed by atoms with van der Waals surface area (Å²) in [7, 11) is 0. The smallest absolute Gasteiger partial charge is 0.313 e. The molecule has 0 saturated carbocycles. The zero-order valence-electron chi connectivity index (χ0n) is 10.2. The fraction of sp³-hybridized carbons (Fsp3) is 0.750. The Kier molecular flexibility index (Phi) is 6.29. The number of hydrogen-bond acceptors (Lipinski definition) is 5. The zero-order valence-corrected chi connectivity index (χ0v) is 10.2. The van der Waals surface area contributed by atoms with Crippen LogP contribution in [0.2, 0.25) is 0 Å². The molecule has 1 heterocycles. The molecule has 0 aliphatic carbocycles. The van der Waals surface area contributed by atoms with E-state index in [1.807, 2.05) is 0 Å². The van der Waals surface area contributed by atoms with Gasteiger partial charge in [-0.1, -0.05) is 0 Å². The summed E-state index contributed by atoms with van der Waals surface area (Å²) in [5, 5.41) is 0. The highest BCUT2D eigenvalue weighted by molar-refractivity contribution is 5.94. The molecule has 0 aromatic heterocycles. The molecule has 0 aromatic carbocycles. The van der Waals surface area contributed by atoms with Gasteiger partial charge in [-0.3, -0.25) is 14.6 Å². The van der Waals surface area contributed by atoms with Gasteiger partial charge in [0.2, 0.25) is 0 Å². The van der Waals surface area contributed by atoms with Crippen molar-refractivity contribution in [2.75, 3.05) is 19.8 Å². The molecule has 0 bridgehead atoms. The average molecular weight is 241 g/mol. The van der Waals surface area contributed by atoms with E-state index in [1.54, 1.807) is 0 Å². The van der Waals surface area contributed by atoms with Crippen LogP contribution in [0, 0.1) is 0 Å². The van der Waals surface area contributed by atoms with E-state index in [0.29, 0.717) is 13.2 Å². The highest BCUT2D eigenvalue weighted by Crippen LogP contribution is 2.06. The van der Waals surface area contributed by atoms with Gasteiger partial charge in [0.15, 0.2) is 5.90 Å². The summed E-state index contributed by atoms with van der Waals surface area (Å²) < 4.78 is 10.2. The Labute approximate surface area is 101 Å². The van der Waals surface area contributed by atoms with Crippen molar-refractivity contribution in [3.05, 3.63) is 0 Å². The molecule has 1 aliphatic heterocycles. The molecule has 0 fully saturated rings. The van der Waals surface area contributed by atoms with Crippen molar-refractivity contribution < 1.29 is 19.1 Å². The average Bonchev–Trinajstić information content (AvgIpc) is 2.75. The van der Waals surface area contributed by atoms with E-state index in [1.165, 1.54) is 6.92 Å². The van der Waals surface area contributed by atoms with E-state index in [2.05, 4.69) is 4.99 Å². The monoisotopic (exact) mass is 241 g/mol. The Morgan fingerprint density at radius 2 is 2.18 bits per heavy atom. The number of ether oxygens (including phenoxy) is 2. The van der Waals surface area contributed by atoms with Gasteiger partial charge in [-0.25, -0.2) is 0 Å². The molecule has 0 N–H and O–H groups in total. The molecule has 96 valence electrons. The first-order valence-corrected chi connectivity index (χ1v) is 5.99. The quantitative estimate of drug-likeness (QED) is 0.367. The van der Waals surface area contributed by atoms with Gasteiger partial charge in [0, 0.05) is 6.42 Å². The van der Waals surface area contributed by atoms with E-state index < -0.39 is 5.97 Å². The van der Waals surface area contributed by atoms with Crippen LogP contribution in [0.25, 0.3) is 0 Å². The lowest BCUT2D eigenvalue weighted by molar-refractivity contribution is -0.145. The molecule has 0 unspecified atom stereocenters. The molecule has 0 atom stereocenters. The number of carbonyl (C=O) groups excluding carboxylic acids is 2. The third-order valence-electron chi connectivity index (χ3n) is 2.34. The van der Waals surface area contributed by atoms with Crippen LogP contribution in [0.1, 0.15) is 39.0 Å². The Morgan fingerprint density at radius 1 is 1.35 bits per heavy atom. The first-order chi connectivity index (χ1) is 8.18. The fourth-order valence-corrected chi connectivity index (χ4v) is 1.53. The third kappa shape index (κ3) is 6.71. The molecule has 0 radical (unpaired) electrons. The summed E-state index contributed by atoms with van der Waals surface area (Å²) in [6, 6.07) is 0. The van der Waals surface area contributed by atoms with E-state index in [9.17, 15) is 9.59 Å². The van der Waals surface area contributed by atoms with Crippen molar-refractivity contribution in [1.82, 2.24) is 0 Å². The number of aliphatic imine (C=N–C) groups is 1. The topological polar surface area (TPSA) is 65.0 Å². The second kappa shape index (κ2) is 7.81. The predicted octanol–water partition coefficient (Wildman–Crippen LogP) is 1.50. The Bertz CT molecular complexity index is 299. The number of hydrogen-bond donors (Lipinski definition) is 0. The maximum atomic E-state index is 11.0. The lowest BCUT2D eigenvalue weighted by atomic mass is 10.2. The molecule has 1 rings (SSSR count). The van der Waals surface area contributed by atoms with Crippen molar-refractivity contribution in [1.29, 1.82) is 0 Å². The summed E-state index contributed by atoms with van der Waals surface area (Å²) in [6.07, 6.45) is 3.52. The third-order valence-corrected chi connectivity index (χ3v) is 2.34. The second-order valence-electron chi connectivity index (χ2n) is 4.03. The number of esters is 1. The molecule has 0 aromatic rings. The Balaban J connectivity index is 1.90. The Hall–Kier alpha value is -1.39. The van der Waals surface area contributed by atoms with E-state index in [-0.39, 0.29) is 12.2 Å². The van der Waals surface area contributed by atoms with Gasteiger partial charge in [0.1, 0.15) is 18.8 Å². The van der Waals surface area contributed by atoms with Gasteiger partial charge in [0.05, 0.1) is 13.2 Å². The largest absolute Gasteiger partial charge is 0.479 e. The molecular weight excluding hydrogens is 222 g/mol. The van der Waals surface area contributed by atoms with Crippen molar-refractivity contribution in [3.63, 3.8) is 0 Å². The van der Waals surface area contributed by atoms with Gasteiger partial charge in [-0.15, -0.1) is 0 Å². The standard InChI is InChI=1S/C12H19NO4/c1-10(14)9-12(15)17-7-4-2-3-5-11-13-6-8-16-11/h2-9H2,1H3. The summed E-state index contributed by atoms with van der Waals surface area (Å²) in [4.78, 5) is 25.8. The molecule has 0 saturated heterocycles. The van der Waals surface area contributed by atoms with Crippen molar-refractivity contribution in [3.8, 4) is 0 Å². The van der Waals surface area contributed by atoms with Crippen LogP contribution in [0.3, 0.4) is 0 Å². The minimum atomic E-state index is -0.430. The molecule has 5 heteroatoms. The van der Waals surface area contributed by atoms with E-state index in [4.69, 9.17) is 9.47 Å². The summed E-state index contributed by atoms with van der Waals surface area (Å²) in [5.74, 6) is 0.256.